The molecule has 0 bridgehead atoms. The molecule has 0 amide bonds. The number of allylic oxidation sites excluding steroid dienone is 2. The zero-order valence-corrected chi connectivity index (χ0v) is 18.1. The van der Waals surface area contributed by atoms with E-state index in [1.807, 2.05) is 12.1 Å². The predicted octanol–water partition coefficient (Wildman–Crippen LogP) is 8.82. The zero-order valence-electron chi connectivity index (χ0n) is 18.1. The Bertz CT molecular complexity index is 556. The predicted molar refractivity (Wildman–Crippen MR) is 119 cm³/mol. The second kappa shape index (κ2) is 11.8. The molecule has 0 aliphatic heterocycles. The van der Waals surface area contributed by atoms with Gasteiger partial charge in [-0.05, 0) is 92.7 Å². The summed E-state index contributed by atoms with van der Waals surface area (Å²) in [4.78, 5) is 0. The minimum absolute atomic E-state index is 0.119. The third-order valence-electron chi connectivity index (χ3n) is 7.38. The van der Waals surface area contributed by atoms with Gasteiger partial charge < -0.3 is 0 Å². The summed E-state index contributed by atoms with van der Waals surface area (Å²) in [6.45, 7) is 2.30. The van der Waals surface area contributed by atoms with Crippen molar-refractivity contribution in [3.63, 3.8) is 0 Å². The molecule has 2 saturated carbocycles. The van der Waals surface area contributed by atoms with Crippen LogP contribution in [0.2, 0.25) is 0 Å². The summed E-state index contributed by atoms with van der Waals surface area (Å²) in [6, 6.07) is 7.20. The van der Waals surface area contributed by atoms with E-state index in [0.29, 0.717) is 5.92 Å². The van der Waals surface area contributed by atoms with Crippen LogP contribution in [-0.4, -0.2) is 0 Å². The summed E-state index contributed by atoms with van der Waals surface area (Å²) >= 11 is 0. The minimum Gasteiger partial charge on any atom is -0.207 e. The van der Waals surface area contributed by atoms with E-state index in [1.54, 1.807) is 12.1 Å². The van der Waals surface area contributed by atoms with Gasteiger partial charge in [-0.15, -0.1) is 0 Å². The number of benzene rings is 1. The monoisotopic (exact) mass is 384 g/mol. The third kappa shape index (κ3) is 7.05. The van der Waals surface area contributed by atoms with Crippen LogP contribution < -0.4 is 0 Å². The Labute approximate surface area is 173 Å². The number of hydrogen-bond donors (Lipinski definition) is 0. The van der Waals surface area contributed by atoms with Crippen LogP contribution in [0.1, 0.15) is 108 Å². The van der Waals surface area contributed by atoms with Crippen LogP contribution in [-0.2, 0) is 0 Å². The van der Waals surface area contributed by atoms with Crippen LogP contribution in [0, 0.1) is 23.6 Å². The van der Waals surface area contributed by atoms with Crippen molar-refractivity contribution in [3.05, 3.63) is 47.8 Å². The number of halogens is 1. The molecule has 28 heavy (non-hydrogen) atoms. The molecular weight excluding hydrogens is 343 g/mol. The molecular formula is C27H41F. The Morgan fingerprint density at radius 3 is 1.93 bits per heavy atom. The summed E-state index contributed by atoms with van der Waals surface area (Å²) in [5.74, 6) is 3.14. The lowest BCUT2D eigenvalue weighted by atomic mass is 9.77. The van der Waals surface area contributed by atoms with Crippen LogP contribution in [0.5, 0.6) is 0 Å². The molecule has 1 aromatic rings. The first-order chi connectivity index (χ1) is 13.7. The first-order valence-electron chi connectivity index (χ1n) is 12.2. The third-order valence-corrected chi connectivity index (χ3v) is 7.38. The highest BCUT2D eigenvalue weighted by Gasteiger charge is 2.22. The quantitative estimate of drug-likeness (QED) is 0.295. The largest absolute Gasteiger partial charge is 0.207 e. The number of hydrogen-bond acceptors (Lipinski definition) is 0. The second-order valence-corrected chi connectivity index (χ2v) is 9.53. The summed E-state index contributed by atoms with van der Waals surface area (Å²) in [5, 5.41) is 0. The van der Waals surface area contributed by atoms with Gasteiger partial charge in [0.15, 0.2) is 0 Å². The molecule has 0 unspecified atom stereocenters. The van der Waals surface area contributed by atoms with Gasteiger partial charge in [0.25, 0.3) is 0 Å². The summed E-state index contributed by atoms with van der Waals surface area (Å²) in [5.41, 5.74) is 1.33. The molecule has 3 rings (SSSR count). The molecule has 1 heteroatoms. The van der Waals surface area contributed by atoms with Gasteiger partial charge in [0.2, 0.25) is 0 Å². The molecule has 0 radical (unpaired) electrons. The average Bonchev–Trinajstić information content (AvgIpc) is 2.74. The molecule has 0 heterocycles. The smallest absolute Gasteiger partial charge is 0.123 e. The Kier molecular flexibility index (Phi) is 9.09. The Morgan fingerprint density at radius 2 is 1.32 bits per heavy atom. The first-order valence-corrected chi connectivity index (χ1v) is 12.2. The van der Waals surface area contributed by atoms with E-state index < -0.39 is 0 Å². The van der Waals surface area contributed by atoms with Gasteiger partial charge in [0, 0.05) is 0 Å². The van der Waals surface area contributed by atoms with Crippen molar-refractivity contribution >= 4 is 0 Å². The maximum absolute atomic E-state index is 13.1. The molecule has 156 valence electrons. The van der Waals surface area contributed by atoms with Gasteiger partial charge in [-0.2, -0.15) is 0 Å². The molecule has 2 aliphatic rings. The van der Waals surface area contributed by atoms with Crippen molar-refractivity contribution in [3.8, 4) is 0 Å². The van der Waals surface area contributed by atoms with Gasteiger partial charge >= 0.3 is 0 Å². The molecule has 0 aromatic heterocycles. The maximum Gasteiger partial charge on any atom is 0.123 e. The van der Waals surface area contributed by atoms with E-state index >= 15 is 0 Å². The highest BCUT2D eigenvalue weighted by Crippen LogP contribution is 2.37. The number of unbranched alkanes of at least 4 members (excludes halogenated alkanes) is 4. The van der Waals surface area contributed by atoms with E-state index in [-0.39, 0.29) is 5.82 Å². The highest BCUT2D eigenvalue weighted by atomic mass is 19.1. The van der Waals surface area contributed by atoms with Crippen LogP contribution >= 0.6 is 0 Å². The minimum atomic E-state index is -0.119. The van der Waals surface area contributed by atoms with E-state index in [0.717, 1.165) is 17.8 Å². The highest BCUT2D eigenvalue weighted by molar-refractivity contribution is 5.21. The summed E-state index contributed by atoms with van der Waals surface area (Å²) < 4.78 is 13.1. The normalized spacial score (nSPS) is 28.6. The topological polar surface area (TPSA) is 0 Å². The molecule has 0 spiro atoms. The summed E-state index contributed by atoms with van der Waals surface area (Å²) in [7, 11) is 0. The molecule has 1 aromatic carbocycles. The van der Waals surface area contributed by atoms with E-state index in [9.17, 15) is 4.39 Å². The standard InChI is InChI=1S/C27H41F/c1-2-3-4-5-6-7-22-8-10-23(11-9-22)12-13-24-14-16-25(17-15-24)26-18-20-27(28)21-19-26/h12-13,18-25H,2-11,14-17H2,1H3/b13-12+/t22-,23-,24-,25-. The Morgan fingerprint density at radius 1 is 0.750 bits per heavy atom. The second-order valence-electron chi connectivity index (χ2n) is 9.53. The van der Waals surface area contributed by atoms with Gasteiger partial charge in [-0.1, -0.05) is 69.7 Å². The summed E-state index contributed by atoms with van der Waals surface area (Å²) in [6.07, 6.45) is 24.6. The van der Waals surface area contributed by atoms with E-state index in [2.05, 4.69) is 19.1 Å². The van der Waals surface area contributed by atoms with Crippen molar-refractivity contribution in [2.24, 2.45) is 17.8 Å². The van der Waals surface area contributed by atoms with Gasteiger partial charge in [0.1, 0.15) is 5.82 Å². The van der Waals surface area contributed by atoms with Crippen molar-refractivity contribution in [1.29, 1.82) is 0 Å². The molecule has 2 aliphatic carbocycles. The SMILES string of the molecule is CCCCCCC[C@H]1CC[C@H](/C=C/[C@H]2CC[C@H](c3ccc(F)cc3)CC2)CC1. The zero-order chi connectivity index (χ0) is 19.6. The van der Waals surface area contributed by atoms with Crippen LogP contribution in [0.25, 0.3) is 0 Å². The van der Waals surface area contributed by atoms with Crippen LogP contribution in [0.4, 0.5) is 4.39 Å². The van der Waals surface area contributed by atoms with Gasteiger partial charge in [0.05, 0.1) is 0 Å². The fraction of sp³-hybridized carbons (Fsp3) is 0.704. The lowest BCUT2D eigenvalue weighted by Crippen LogP contribution is -2.14. The molecule has 2 fully saturated rings. The van der Waals surface area contributed by atoms with Crippen molar-refractivity contribution in [2.75, 3.05) is 0 Å². The lowest BCUT2D eigenvalue weighted by Gasteiger charge is -2.29. The fourth-order valence-electron chi connectivity index (χ4n) is 5.40. The Hall–Kier alpha value is -1.11. The van der Waals surface area contributed by atoms with Crippen molar-refractivity contribution in [1.82, 2.24) is 0 Å². The fourth-order valence-corrected chi connectivity index (χ4v) is 5.40. The first kappa shape index (κ1) is 21.6. The maximum atomic E-state index is 13.1. The lowest BCUT2D eigenvalue weighted by molar-refractivity contribution is 0.287. The molecule has 0 saturated heterocycles. The Balaban J connectivity index is 1.31. The average molecular weight is 385 g/mol. The molecule has 0 nitrogen and oxygen atoms in total. The van der Waals surface area contributed by atoms with Crippen molar-refractivity contribution in [2.45, 2.75) is 103 Å². The van der Waals surface area contributed by atoms with Crippen molar-refractivity contribution < 1.29 is 4.39 Å². The van der Waals surface area contributed by atoms with Gasteiger partial charge in [-0.3, -0.25) is 0 Å². The van der Waals surface area contributed by atoms with Crippen LogP contribution in [0.3, 0.4) is 0 Å². The van der Waals surface area contributed by atoms with Gasteiger partial charge in [-0.25, -0.2) is 4.39 Å². The van der Waals surface area contributed by atoms with E-state index in [4.69, 9.17) is 0 Å². The molecule has 0 N–H and O–H groups in total. The van der Waals surface area contributed by atoms with Crippen LogP contribution in [0.15, 0.2) is 36.4 Å². The van der Waals surface area contributed by atoms with E-state index in [1.165, 1.54) is 95.5 Å². The molecule has 0 atom stereocenters. The number of rotatable bonds is 9.